The lowest BCUT2D eigenvalue weighted by atomic mass is 10.1. The summed E-state index contributed by atoms with van der Waals surface area (Å²) in [6.45, 7) is 0.807. The van der Waals surface area contributed by atoms with Gasteiger partial charge in [0.25, 0.3) is 5.69 Å². The number of fused-ring (bicyclic) bond motifs is 1. The van der Waals surface area contributed by atoms with Crippen LogP contribution < -0.4 is 4.90 Å². The van der Waals surface area contributed by atoms with Gasteiger partial charge in [-0.05, 0) is 18.1 Å². The first kappa shape index (κ1) is 10.8. The Labute approximate surface area is 104 Å². The van der Waals surface area contributed by atoms with E-state index in [1.54, 1.807) is 24.4 Å². The average Bonchev–Trinajstić information content (AvgIpc) is 2.93. The van der Waals surface area contributed by atoms with Crippen LogP contribution >= 0.6 is 0 Å². The lowest BCUT2D eigenvalue weighted by molar-refractivity contribution is -0.384. The smallest absolute Gasteiger partial charge is 0.269 e. The van der Waals surface area contributed by atoms with Gasteiger partial charge < -0.3 is 9.47 Å². The van der Waals surface area contributed by atoms with Gasteiger partial charge in [0, 0.05) is 43.8 Å². The number of imidazole rings is 1. The van der Waals surface area contributed by atoms with Crippen LogP contribution in [0.2, 0.25) is 0 Å². The Morgan fingerprint density at radius 3 is 2.94 bits per heavy atom. The number of nitrogens with zero attached hydrogens (tertiary/aromatic N) is 4. The van der Waals surface area contributed by atoms with Crippen molar-refractivity contribution in [3.8, 4) is 0 Å². The minimum absolute atomic E-state index is 0.149. The fourth-order valence-electron chi connectivity index (χ4n) is 2.33. The molecule has 0 N–H and O–H groups in total. The fraction of sp³-hybridized carbons (Fsp3) is 0.250. The van der Waals surface area contributed by atoms with Crippen molar-refractivity contribution >= 4 is 17.3 Å². The molecule has 2 aromatic rings. The zero-order valence-corrected chi connectivity index (χ0v) is 9.91. The Morgan fingerprint density at radius 1 is 1.44 bits per heavy atom. The largest absolute Gasteiger partial charge is 0.320 e. The summed E-state index contributed by atoms with van der Waals surface area (Å²) < 4.78 is 1.94. The zero-order chi connectivity index (χ0) is 12.7. The van der Waals surface area contributed by atoms with E-state index in [2.05, 4.69) is 9.88 Å². The van der Waals surface area contributed by atoms with Gasteiger partial charge in [-0.2, -0.15) is 0 Å². The Kier molecular flexibility index (Phi) is 2.29. The third-order valence-corrected chi connectivity index (χ3v) is 3.21. The van der Waals surface area contributed by atoms with E-state index in [9.17, 15) is 10.1 Å². The van der Waals surface area contributed by atoms with Crippen LogP contribution in [0.3, 0.4) is 0 Å². The lowest BCUT2D eigenvalue weighted by Gasteiger charge is -2.17. The van der Waals surface area contributed by atoms with Crippen molar-refractivity contribution in [3.63, 3.8) is 0 Å². The van der Waals surface area contributed by atoms with Crippen molar-refractivity contribution in [3.05, 3.63) is 46.3 Å². The van der Waals surface area contributed by atoms with Gasteiger partial charge in [-0.1, -0.05) is 0 Å². The molecule has 0 bridgehead atoms. The van der Waals surface area contributed by atoms with Crippen molar-refractivity contribution in [2.45, 2.75) is 6.42 Å². The van der Waals surface area contributed by atoms with Gasteiger partial charge in [-0.25, -0.2) is 4.98 Å². The van der Waals surface area contributed by atoms with Crippen molar-refractivity contribution in [1.82, 2.24) is 9.55 Å². The van der Waals surface area contributed by atoms with Crippen LogP contribution in [0, 0.1) is 10.1 Å². The Hall–Kier alpha value is -2.37. The molecule has 1 aliphatic rings. The number of aromatic nitrogens is 2. The molecule has 0 spiro atoms. The molecule has 1 aromatic heterocycles. The molecular weight excluding hydrogens is 232 g/mol. The highest BCUT2D eigenvalue weighted by atomic mass is 16.6. The summed E-state index contributed by atoms with van der Waals surface area (Å²) in [6.07, 6.45) is 4.45. The summed E-state index contributed by atoms with van der Waals surface area (Å²) >= 11 is 0. The number of anilines is 2. The Balaban J connectivity index is 2.03. The Bertz CT molecular complexity index is 620. The van der Waals surface area contributed by atoms with Crippen LogP contribution in [0.25, 0.3) is 0 Å². The second-order valence-corrected chi connectivity index (χ2v) is 4.31. The molecule has 0 fully saturated rings. The molecule has 2 heterocycles. The van der Waals surface area contributed by atoms with E-state index in [1.165, 1.54) is 0 Å². The van der Waals surface area contributed by atoms with Gasteiger partial charge in [0.1, 0.15) is 0 Å². The molecule has 92 valence electrons. The van der Waals surface area contributed by atoms with Gasteiger partial charge in [0.15, 0.2) is 0 Å². The lowest BCUT2D eigenvalue weighted by Crippen LogP contribution is -2.17. The first-order valence-corrected chi connectivity index (χ1v) is 5.69. The summed E-state index contributed by atoms with van der Waals surface area (Å²) in [6, 6.07) is 4.99. The number of benzene rings is 1. The maximum Gasteiger partial charge on any atom is 0.269 e. The quantitative estimate of drug-likeness (QED) is 0.599. The van der Waals surface area contributed by atoms with Crippen LogP contribution in [0.5, 0.6) is 0 Å². The highest BCUT2D eigenvalue weighted by Crippen LogP contribution is 2.35. The van der Waals surface area contributed by atoms with Crippen LogP contribution in [0.15, 0.2) is 30.6 Å². The number of non-ortho nitro benzene ring substituents is 1. The first-order valence-electron chi connectivity index (χ1n) is 5.69. The predicted molar refractivity (Wildman–Crippen MR) is 67.0 cm³/mol. The molecule has 0 unspecified atom stereocenters. The summed E-state index contributed by atoms with van der Waals surface area (Å²) in [5.41, 5.74) is 2.16. The van der Waals surface area contributed by atoms with E-state index in [0.29, 0.717) is 0 Å². The monoisotopic (exact) mass is 244 g/mol. The van der Waals surface area contributed by atoms with Gasteiger partial charge in [-0.15, -0.1) is 0 Å². The van der Waals surface area contributed by atoms with E-state index in [0.717, 1.165) is 30.2 Å². The topological polar surface area (TPSA) is 64.2 Å². The van der Waals surface area contributed by atoms with Crippen molar-refractivity contribution in [1.29, 1.82) is 0 Å². The maximum absolute atomic E-state index is 10.7. The Morgan fingerprint density at radius 2 is 2.28 bits per heavy atom. The summed E-state index contributed by atoms with van der Waals surface area (Å²) in [7, 11) is 1.94. The zero-order valence-electron chi connectivity index (χ0n) is 9.91. The van der Waals surface area contributed by atoms with Crippen LogP contribution in [0.4, 0.5) is 17.3 Å². The average molecular weight is 244 g/mol. The molecule has 0 atom stereocenters. The molecule has 6 heteroatoms. The molecule has 6 nitrogen and oxygen atoms in total. The molecule has 3 rings (SSSR count). The molecule has 1 aliphatic heterocycles. The van der Waals surface area contributed by atoms with Crippen LogP contribution in [-0.4, -0.2) is 21.0 Å². The van der Waals surface area contributed by atoms with Gasteiger partial charge >= 0.3 is 0 Å². The minimum atomic E-state index is -0.357. The van der Waals surface area contributed by atoms with Crippen molar-refractivity contribution in [2.75, 3.05) is 11.4 Å². The summed E-state index contributed by atoms with van der Waals surface area (Å²) in [5, 5.41) is 10.7. The number of hydrogen-bond donors (Lipinski definition) is 0. The van der Waals surface area contributed by atoms with E-state index < -0.39 is 0 Å². The minimum Gasteiger partial charge on any atom is -0.320 e. The first-order chi connectivity index (χ1) is 8.66. The maximum atomic E-state index is 10.7. The second kappa shape index (κ2) is 3.83. The molecular formula is C12H12N4O2. The number of aryl methyl sites for hydroxylation is 1. The normalized spacial score (nSPS) is 13.7. The van der Waals surface area contributed by atoms with E-state index >= 15 is 0 Å². The number of rotatable bonds is 2. The third-order valence-electron chi connectivity index (χ3n) is 3.21. The van der Waals surface area contributed by atoms with Crippen molar-refractivity contribution < 1.29 is 4.92 Å². The third kappa shape index (κ3) is 1.54. The highest BCUT2D eigenvalue weighted by molar-refractivity contribution is 5.68. The van der Waals surface area contributed by atoms with Gasteiger partial charge in [-0.3, -0.25) is 10.1 Å². The van der Waals surface area contributed by atoms with Crippen molar-refractivity contribution in [2.24, 2.45) is 7.05 Å². The molecule has 0 aliphatic carbocycles. The number of nitro groups is 1. The molecule has 0 radical (unpaired) electrons. The number of hydrogen-bond acceptors (Lipinski definition) is 4. The summed E-state index contributed by atoms with van der Waals surface area (Å²) in [5.74, 6) is 0.864. The standard InChI is InChI=1S/C12H12N4O2/c1-14-7-5-13-12(14)15-6-4-9-8-10(16(17)18)2-3-11(9)15/h2-3,5,7-8H,4,6H2,1H3. The van der Waals surface area contributed by atoms with Gasteiger partial charge in [0.05, 0.1) is 4.92 Å². The fourth-order valence-corrected chi connectivity index (χ4v) is 2.33. The van der Waals surface area contributed by atoms with E-state index in [4.69, 9.17) is 0 Å². The van der Waals surface area contributed by atoms with Gasteiger partial charge in [0.2, 0.25) is 5.95 Å². The predicted octanol–water partition coefficient (Wildman–Crippen LogP) is 2.02. The summed E-state index contributed by atoms with van der Waals surface area (Å²) in [4.78, 5) is 16.8. The van der Waals surface area contributed by atoms with E-state index in [1.807, 2.05) is 17.8 Å². The molecule has 0 amide bonds. The van der Waals surface area contributed by atoms with Crippen LogP contribution in [0.1, 0.15) is 5.56 Å². The molecule has 1 aromatic carbocycles. The highest BCUT2D eigenvalue weighted by Gasteiger charge is 2.24. The number of nitro benzene ring substituents is 1. The SMILES string of the molecule is Cn1ccnc1N1CCc2cc([N+](=O)[O-])ccc21. The van der Waals surface area contributed by atoms with E-state index in [-0.39, 0.29) is 10.6 Å². The second-order valence-electron chi connectivity index (χ2n) is 4.31. The van der Waals surface area contributed by atoms with Crippen LogP contribution in [-0.2, 0) is 13.5 Å². The molecule has 18 heavy (non-hydrogen) atoms. The molecule has 0 saturated heterocycles. The molecule has 0 saturated carbocycles.